The summed E-state index contributed by atoms with van der Waals surface area (Å²) < 4.78 is 0. The number of carbonyl (C=O) groups excluding carboxylic acids is 1. The predicted octanol–water partition coefficient (Wildman–Crippen LogP) is 0.718. The van der Waals surface area contributed by atoms with E-state index in [4.69, 9.17) is 0 Å². The summed E-state index contributed by atoms with van der Waals surface area (Å²) in [6.07, 6.45) is 2.44. The molecule has 0 bridgehead atoms. The molecule has 1 rings (SSSR count). The second-order valence-electron chi connectivity index (χ2n) is 2.73. The fourth-order valence-corrected chi connectivity index (χ4v) is 1.20. The van der Waals surface area contributed by atoms with Gasteiger partial charge in [-0.25, -0.2) is 0 Å². The normalized spacial score (nSPS) is 20.6. The maximum atomic E-state index is 10.5. The van der Waals surface area contributed by atoms with Crippen LogP contribution in [0.15, 0.2) is 0 Å². The van der Waals surface area contributed by atoms with Crippen molar-refractivity contribution in [2.45, 2.75) is 25.8 Å². The average molecular weight is 215 g/mol. The van der Waals surface area contributed by atoms with Crippen LogP contribution in [-0.2, 0) is 4.79 Å². The molecule has 0 saturated carbocycles. The lowest BCUT2D eigenvalue weighted by Crippen LogP contribution is -2.35. The summed E-state index contributed by atoms with van der Waals surface area (Å²) in [5, 5.41) is 6.08. The van der Waals surface area contributed by atoms with Gasteiger partial charge in [-0.3, -0.25) is 4.79 Å². The highest BCUT2D eigenvalue weighted by atomic mass is 35.5. The molecule has 12 heavy (non-hydrogen) atoms. The van der Waals surface area contributed by atoms with Crippen LogP contribution in [0.3, 0.4) is 0 Å². The monoisotopic (exact) mass is 214 g/mol. The smallest absolute Gasteiger partial charge is 0.216 e. The summed E-state index contributed by atoms with van der Waals surface area (Å²) in [6, 6.07) is 0.517. The summed E-state index contributed by atoms with van der Waals surface area (Å²) >= 11 is 0. The molecule has 1 aliphatic rings. The summed E-state index contributed by atoms with van der Waals surface area (Å²) in [7, 11) is 0. The molecule has 0 aliphatic carbocycles. The maximum Gasteiger partial charge on any atom is 0.216 e. The van der Waals surface area contributed by atoms with Gasteiger partial charge in [0, 0.05) is 19.5 Å². The van der Waals surface area contributed by atoms with E-state index in [1.54, 1.807) is 6.92 Å². The molecule has 1 heterocycles. The van der Waals surface area contributed by atoms with E-state index in [0.717, 1.165) is 13.1 Å². The molecule has 2 N–H and O–H groups in total. The fourth-order valence-electron chi connectivity index (χ4n) is 1.20. The van der Waals surface area contributed by atoms with E-state index in [1.165, 1.54) is 12.8 Å². The average Bonchev–Trinajstić information content (AvgIpc) is 2.34. The molecule has 1 aliphatic heterocycles. The Balaban J connectivity index is 0. The number of hydrogen-bond acceptors (Lipinski definition) is 2. The molecule has 1 amide bonds. The van der Waals surface area contributed by atoms with Gasteiger partial charge in [0.15, 0.2) is 0 Å². The minimum atomic E-state index is 0. The second kappa shape index (κ2) is 7.65. The van der Waals surface area contributed by atoms with Crippen LogP contribution in [0.2, 0.25) is 0 Å². The lowest BCUT2D eigenvalue weighted by molar-refractivity contribution is -0.119. The predicted molar refractivity (Wildman–Crippen MR) is 54.2 cm³/mol. The van der Waals surface area contributed by atoms with Crippen LogP contribution in [0.1, 0.15) is 19.8 Å². The zero-order valence-electron chi connectivity index (χ0n) is 7.13. The van der Waals surface area contributed by atoms with E-state index < -0.39 is 0 Å². The van der Waals surface area contributed by atoms with Crippen LogP contribution < -0.4 is 10.6 Å². The van der Waals surface area contributed by atoms with E-state index in [-0.39, 0.29) is 30.7 Å². The van der Waals surface area contributed by atoms with E-state index >= 15 is 0 Å². The number of hydrogen-bond donors (Lipinski definition) is 2. The van der Waals surface area contributed by atoms with E-state index in [2.05, 4.69) is 10.6 Å². The molecule has 1 fully saturated rings. The molecule has 0 aromatic heterocycles. The van der Waals surface area contributed by atoms with Crippen molar-refractivity contribution in [2.75, 3.05) is 13.1 Å². The Labute approximate surface area is 85.5 Å². The summed E-state index contributed by atoms with van der Waals surface area (Å²) in [6.45, 7) is 3.44. The topological polar surface area (TPSA) is 41.1 Å². The second-order valence-corrected chi connectivity index (χ2v) is 2.73. The first-order valence-corrected chi connectivity index (χ1v) is 3.77. The van der Waals surface area contributed by atoms with Crippen LogP contribution in [0.4, 0.5) is 0 Å². The van der Waals surface area contributed by atoms with Crippen LogP contribution in [-0.4, -0.2) is 25.0 Å². The number of rotatable bonds is 2. The molecule has 0 aromatic carbocycles. The van der Waals surface area contributed by atoms with Crippen molar-refractivity contribution in [2.24, 2.45) is 0 Å². The fraction of sp³-hybridized carbons (Fsp3) is 0.857. The quantitative estimate of drug-likeness (QED) is 0.712. The van der Waals surface area contributed by atoms with Crippen LogP contribution >= 0.6 is 24.8 Å². The van der Waals surface area contributed by atoms with Crippen molar-refractivity contribution < 1.29 is 4.79 Å². The molecular formula is C7H16Cl2N2O. The Hall–Kier alpha value is 0.01000. The first-order valence-electron chi connectivity index (χ1n) is 3.77. The van der Waals surface area contributed by atoms with E-state index in [9.17, 15) is 4.79 Å². The number of amides is 1. The van der Waals surface area contributed by atoms with Crippen molar-refractivity contribution in [1.82, 2.24) is 10.6 Å². The molecule has 3 nitrogen and oxygen atoms in total. The minimum absolute atomic E-state index is 0. The van der Waals surface area contributed by atoms with Gasteiger partial charge >= 0.3 is 0 Å². The zero-order chi connectivity index (χ0) is 7.40. The lowest BCUT2D eigenvalue weighted by Gasteiger charge is -2.09. The Morgan fingerprint density at radius 1 is 1.58 bits per heavy atom. The van der Waals surface area contributed by atoms with Crippen LogP contribution in [0.25, 0.3) is 0 Å². The third-order valence-electron chi connectivity index (χ3n) is 1.76. The summed E-state index contributed by atoms with van der Waals surface area (Å²) in [5.74, 6) is 0.0636. The standard InChI is InChI=1S/C7H14N2O.2ClH/c1-6(10)9-5-7-3-2-4-8-7;;/h7-8H,2-5H2,1H3,(H,9,10);2*1H. The van der Waals surface area contributed by atoms with Gasteiger partial charge in [0.25, 0.3) is 0 Å². The third kappa shape index (κ3) is 5.63. The van der Waals surface area contributed by atoms with Crippen molar-refractivity contribution in [1.29, 1.82) is 0 Å². The number of carbonyl (C=O) groups is 1. The van der Waals surface area contributed by atoms with Gasteiger partial charge in [-0.15, -0.1) is 24.8 Å². The van der Waals surface area contributed by atoms with Crippen LogP contribution in [0.5, 0.6) is 0 Å². The highest BCUT2D eigenvalue weighted by Crippen LogP contribution is 2.02. The largest absolute Gasteiger partial charge is 0.355 e. The van der Waals surface area contributed by atoms with Gasteiger partial charge in [0.1, 0.15) is 0 Å². The first kappa shape index (κ1) is 14.5. The minimum Gasteiger partial charge on any atom is -0.355 e. The van der Waals surface area contributed by atoms with Gasteiger partial charge in [-0.1, -0.05) is 0 Å². The molecule has 74 valence electrons. The summed E-state index contributed by atoms with van der Waals surface area (Å²) in [4.78, 5) is 10.5. The van der Waals surface area contributed by atoms with E-state index in [1.807, 2.05) is 0 Å². The maximum absolute atomic E-state index is 10.5. The lowest BCUT2D eigenvalue weighted by atomic mass is 10.2. The molecule has 1 saturated heterocycles. The highest BCUT2D eigenvalue weighted by Gasteiger charge is 2.12. The Morgan fingerprint density at radius 3 is 2.67 bits per heavy atom. The molecular weight excluding hydrogens is 199 g/mol. The van der Waals surface area contributed by atoms with Gasteiger partial charge in [0.2, 0.25) is 5.91 Å². The highest BCUT2D eigenvalue weighted by molar-refractivity contribution is 5.85. The Kier molecular flexibility index (Phi) is 9.26. The Morgan fingerprint density at radius 2 is 2.25 bits per heavy atom. The van der Waals surface area contributed by atoms with E-state index in [0.29, 0.717) is 6.04 Å². The number of halogens is 2. The third-order valence-corrected chi connectivity index (χ3v) is 1.76. The van der Waals surface area contributed by atoms with Crippen molar-refractivity contribution in [3.05, 3.63) is 0 Å². The first-order chi connectivity index (χ1) is 4.79. The van der Waals surface area contributed by atoms with Crippen molar-refractivity contribution in [3.8, 4) is 0 Å². The molecule has 5 heteroatoms. The number of nitrogens with one attached hydrogen (secondary N) is 2. The molecule has 0 spiro atoms. The molecule has 1 unspecified atom stereocenters. The van der Waals surface area contributed by atoms with Gasteiger partial charge in [-0.2, -0.15) is 0 Å². The summed E-state index contributed by atoms with van der Waals surface area (Å²) in [5.41, 5.74) is 0. The van der Waals surface area contributed by atoms with Crippen LogP contribution in [0, 0.1) is 0 Å². The zero-order valence-corrected chi connectivity index (χ0v) is 8.76. The SMILES string of the molecule is CC(=O)NCC1CCCN1.Cl.Cl. The van der Waals surface area contributed by atoms with Crippen molar-refractivity contribution >= 4 is 30.7 Å². The molecule has 0 radical (unpaired) electrons. The molecule has 0 aromatic rings. The molecule has 1 atom stereocenters. The van der Waals surface area contributed by atoms with Gasteiger partial charge < -0.3 is 10.6 Å². The van der Waals surface area contributed by atoms with Gasteiger partial charge in [0.05, 0.1) is 0 Å². The van der Waals surface area contributed by atoms with Crippen molar-refractivity contribution in [3.63, 3.8) is 0 Å². The Bertz CT molecular complexity index is 127. The van der Waals surface area contributed by atoms with Gasteiger partial charge in [-0.05, 0) is 19.4 Å².